The van der Waals surface area contributed by atoms with Crippen LogP contribution in [0.1, 0.15) is 19.3 Å². The van der Waals surface area contributed by atoms with Gasteiger partial charge >= 0.3 is 0 Å². The van der Waals surface area contributed by atoms with Gasteiger partial charge in [0.25, 0.3) is 0 Å². The molecule has 1 aliphatic carbocycles. The normalized spacial score (nSPS) is 33.2. The van der Waals surface area contributed by atoms with Crippen LogP contribution in [0, 0.1) is 5.92 Å². The summed E-state index contributed by atoms with van der Waals surface area (Å²) in [6, 6.07) is 0. The maximum Gasteiger partial charge on any atom is 0.0778 e. The van der Waals surface area contributed by atoms with Gasteiger partial charge in [0.1, 0.15) is 0 Å². The van der Waals surface area contributed by atoms with Crippen molar-refractivity contribution in [2.45, 2.75) is 43.7 Å². The first-order valence-electron chi connectivity index (χ1n) is 6.41. The highest BCUT2D eigenvalue weighted by Gasteiger charge is 2.37. The van der Waals surface area contributed by atoms with E-state index in [0.29, 0.717) is 12.0 Å². The Morgan fingerprint density at radius 2 is 2.00 bits per heavy atom. The van der Waals surface area contributed by atoms with E-state index in [1.807, 2.05) is 0 Å². The monoisotopic (exact) mass is 290 g/mol. The van der Waals surface area contributed by atoms with Crippen LogP contribution >= 0.6 is 9.24 Å². The van der Waals surface area contributed by atoms with E-state index in [9.17, 15) is 20.4 Å². The maximum atomic E-state index is 9.88. The summed E-state index contributed by atoms with van der Waals surface area (Å²) in [4.78, 5) is 0. The molecule has 0 amide bonds. The fourth-order valence-electron chi connectivity index (χ4n) is 2.41. The zero-order valence-electron chi connectivity index (χ0n) is 10.8. The summed E-state index contributed by atoms with van der Waals surface area (Å²) in [6.45, 7) is -0.370. The molecule has 1 rings (SSSR count). The van der Waals surface area contributed by atoms with Gasteiger partial charge in [0.05, 0.1) is 31.0 Å². The van der Waals surface area contributed by atoms with E-state index >= 15 is 0 Å². The summed E-state index contributed by atoms with van der Waals surface area (Å²) >= 11 is 0. The molecule has 19 heavy (non-hydrogen) atoms. The van der Waals surface area contributed by atoms with E-state index in [2.05, 4.69) is 9.24 Å². The van der Waals surface area contributed by atoms with Gasteiger partial charge in [-0.1, -0.05) is 18.0 Å². The third-order valence-electron chi connectivity index (χ3n) is 3.41. The Labute approximate surface area is 115 Å². The van der Waals surface area contributed by atoms with Crippen molar-refractivity contribution in [1.82, 2.24) is 0 Å². The zero-order valence-corrected chi connectivity index (χ0v) is 11.9. The third kappa shape index (κ3) is 4.95. The lowest BCUT2D eigenvalue weighted by Gasteiger charge is -2.19. The van der Waals surface area contributed by atoms with E-state index in [1.165, 1.54) is 0 Å². The molecule has 5 N–H and O–H groups in total. The van der Waals surface area contributed by atoms with Gasteiger partial charge in [0.15, 0.2) is 0 Å². The molecule has 1 aliphatic rings. The van der Waals surface area contributed by atoms with E-state index in [-0.39, 0.29) is 25.4 Å². The Kier molecular flexibility index (Phi) is 7.15. The lowest BCUT2D eigenvalue weighted by atomic mass is 9.92. The van der Waals surface area contributed by atoms with Crippen molar-refractivity contribution in [3.63, 3.8) is 0 Å². The van der Waals surface area contributed by atoms with Crippen molar-refractivity contribution in [1.29, 1.82) is 0 Å². The van der Waals surface area contributed by atoms with Crippen LogP contribution in [0.25, 0.3) is 0 Å². The molecule has 0 aliphatic heterocycles. The summed E-state index contributed by atoms with van der Waals surface area (Å²) in [5, 5.41) is 47.7. The summed E-state index contributed by atoms with van der Waals surface area (Å²) in [7, 11) is 2.37. The Hall–Kier alpha value is -0.290. The first-order valence-corrected chi connectivity index (χ1v) is 7.07. The second-order valence-corrected chi connectivity index (χ2v) is 5.27. The largest absolute Gasteiger partial charge is 0.394 e. The Morgan fingerprint density at radius 3 is 2.58 bits per heavy atom. The summed E-state index contributed by atoms with van der Waals surface area (Å²) in [5.41, 5.74) is 0.635. The minimum Gasteiger partial charge on any atom is -0.394 e. The van der Waals surface area contributed by atoms with Crippen LogP contribution in [0.3, 0.4) is 0 Å². The second-order valence-electron chi connectivity index (χ2n) is 4.89. The third-order valence-corrected chi connectivity index (χ3v) is 3.63. The predicted octanol–water partition coefficient (Wildman–Crippen LogP) is -0.462. The molecule has 0 aromatic heterocycles. The fourth-order valence-corrected chi connectivity index (χ4v) is 2.67. The number of rotatable bonds is 6. The van der Waals surface area contributed by atoms with Gasteiger partial charge in [-0.15, -0.1) is 9.24 Å². The molecule has 6 atom stereocenters. The Bertz CT molecular complexity index is 331. The minimum atomic E-state index is -0.912. The molecule has 110 valence electrons. The SMILES string of the molecule is OCC(O)C[C@@H]1/C(=C\C[C@@H](O)/C=C/P)[C@H](O)C[C@@H]1O. The molecule has 5 nitrogen and oxygen atoms in total. The molecular formula is C13H23O5P. The van der Waals surface area contributed by atoms with Crippen molar-refractivity contribution in [2.24, 2.45) is 5.92 Å². The molecular weight excluding hydrogens is 267 g/mol. The van der Waals surface area contributed by atoms with Crippen LogP contribution in [-0.2, 0) is 0 Å². The highest BCUT2D eigenvalue weighted by Crippen LogP contribution is 2.35. The van der Waals surface area contributed by atoms with Crippen LogP contribution in [0.2, 0.25) is 0 Å². The van der Waals surface area contributed by atoms with E-state index < -0.39 is 24.4 Å². The first-order chi connectivity index (χ1) is 8.99. The quantitative estimate of drug-likeness (QED) is 0.336. The average Bonchev–Trinajstić information content (AvgIpc) is 2.62. The van der Waals surface area contributed by atoms with E-state index in [4.69, 9.17) is 5.11 Å². The number of aliphatic hydroxyl groups is 5. The molecule has 1 saturated carbocycles. The van der Waals surface area contributed by atoms with Crippen LogP contribution in [0.4, 0.5) is 0 Å². The highest BCUT2D eigenvalue weighted by atomic mass is 31.0. The predicted molar refractivity (Wildman–Crippen MR) is 75.4 cm³/mol. The van der Waals surface area contributed by atoms with Gasteiger partial charge in [0, 0.05) is 12.3 Å². The molecule has 0 spiro atoms. The maximum absolute atomic E-state index is 9.88. The van der Waals surface area contributed by atoms with Crippen molar-refractivity contribution >= 4 is 9.24 Å². The van der Waals surface area contributed by atoms with E-state index in [0.717, 1.165) is 0 Å². The molecule has 2 unspecified atom stereocenters. The Morgan fingerprint density at radius 1 is 1.32 bits per heavy atom. The number of hydrogen-bond donors (Lipinski definition) is 5. The second kappa shape index (κ2) is 8.10. The van der Waals surface area contributed by atoms with Crippen LogP contribution in [0.5, 0.6) is 0 Å². The number of hydrogen-bond acceptors (Lipinski definition) is 5. The molecule has 0 aromatic rings. The summed E-state index contributed by atoms with van der Waals surface area (Å²) in [5.74, 6) is 1.29. The van der Waals surface area contributed by atoms with Gasteiger partial charge in [-0.3, -0.25) is 0 Å². The van der Waals surface area contributed by atoms with Crippen molar-refractivity contribution < 1.29 is 25.5 Å². The van der Waals surface area contributed by atoms with Gasteiger partial charge < -0.3 is 25.5 Å². The van der Waals surface area contributed by atoms with Crippen LogP contribution < -0.4 is 0 Å². The zero-order chi connectivity index (χ0) is 14.4. The van der Waals surface area contributed by atoms with Crippen molar-refractivity contribution in [2.75, 3.05) is 6.61 Å². The van der Waals surface area contributed by atoms with Gasteiger partial charge in [-0.25, -0.2) is 0 Å². The molecule has 0 radical (unpaired) electrons. The van der Waals surface area contributed by atoms with Gasteiger partial charge in [-0.05, 0) is 18.4 Å². The van der Waals surface area contributed by atoms with Crippen LogP contribution in [-0.4, -0.2) is 56.6 Å². The van der Waals surface area contributed by atoms with Crippen LogP contribution in [0.15, 0.2) is 23.5 Å². The highest BCUT2D eigenvalue weighted by molar-refractivity contribution is 7.20. The lowest BCUT2D eigenvalue weighted by molar-refractivity contribution is 0.0518. The summed E-state index contributed by atoms with van der Waals surface area (Å²) < 4.78 is 0. The summed E-state index contributed by atoms with van der Waals surface area (Å²) in [6.07, 6.45) is 1.07. The molecule has 1 fully saturated rings. The van der Waals surface area contributed by atoms with Gasteiger partial charge in [-0.2, -0.15) is 0 Å². The smallest absolute Gasteiger partial charge is 0.0778 e. The topological polar surface area (TPSA) is 101 Å². The molecule has 6 heteroatoms. The molecule has 0 saturated heterocycles. The molecule has 0 bridgehead atoms. The fraction of sp³-hybridized carbons (Fsp3) is 0.692. The van der Waals surface area contributed by atoms with Crippen molar-refractivity contribution in [3.05, 3.63) is 23.5 Å². The standard InChI is InChI=1S/C13H23O5P/c14-7-9(16)5-11-10(12(17)6-13(11)18)2-1-8(15)3-4-19/h2-4,8-9,11-18H,1,5-7,19H2/b4-3+,10-2+/t8-,9?,11-,12-,13+/m1/s1. The number of aliphatic hydroxyl groups excluding tert-OH is 5. The first kappa shape index (κ1) is 16.8. The Balaban J connectivity index is 2.73. The lowest BCUT2D eigenvalue weighted by Crippen LogP contribution is -2.23. The van der Waals surface area contributed by atoms with E-state index in [1.54, 1.807) is 18.0 Å². The van der Waals surface area contributed by atoms with Crippen molar-refractivity contribution in [3.8, 4) is 0 Å². The van der Waals surface area contributed by atoms with Gasteiger partial charge in [0.2, 0.25) is 0 Å². The average molecular weight is 290 g/mol. The molecule has 0 aromatic carbocycles. The molecule has 0 heterocycles. The minimum absolute atomic E-state index is 0.204.